The van der Waals surface area contributed by atoms with Gasteiger partial charge in [0.05, 0.1) is 7.11 Å². The second kappa shape index (κ2) is 5.40. The van der Waals surface area contributed by atoms with Gasteiger partial charge < -0.3 is 15.0 Å². The molecule has 0 fully saturated rings. The highest BCUT2D eigenvalue weighted by Gasteiger charge is 2.16. The molecule has 0 bridgehead atoms. The van der Waals surface area contributed by atoms with Crippen LogP contribution in [0, 0.1) is 20.8 Å². The molecule has 1 aromatic heterocycles. The van der Waals surface area contributed by atoms with Gasteiger partial charge in [-0.2, -0.15) is 4.98 Å². The number of aromatic nitrogens is 2. The minimum atomic E-state index is 0.501. The zero-order valence-electron chi connectivity index (χ0n) is 11.8. The molecule has 0 saturated heterocycles. The molecule has 1 aromatic carbocycles. The van der Waals surface area contributed by atoms with Crippen LogP contribution in [0.5, 0.6) is 5.75 Å². The Morgan fingerprint density at radius 3 is 2.63 bits per heavy atom. The van der Waals surface area contributed by atoms with E-state index in [1.54, 1.807) is 7.11 Å². The zero-order chi connectivity index (χ0) is 14.0. The van der Waals surface area contributed by atoms with Gasteiger partial charge in [-0.15, -0.1) is 0 Å². The monoisotopic (exact) mass is 261 g/mol. The van der Waals surface area contributed by atoms with Crippen molar-refractivity contribution in [3.8, 4) is 17.1 Å². The molecule has 0 atom stereocenters. The first-order chi connectivity index (χ1) is 9.08. The predicted molar refractivity (Wildman–Crippen MR) is 73.3 cm³/mol. The normalized spacial score (nSPS) is 10.8. The summed E-state index contributed by atoms with van der Waals surface area (Å²) in [6.07, 6.45) is 0.597. The van der Waals surface area contributed by atoms with Gasteiger partial charge in [0.25, 0.3) is 0 Å². The molecule has 2 aromatic rings. The number of methoxy groups -OCH3 is 1. The average molecular weight is 261 g/mol. The molecule has 2 N–H and O–H groups in total. The van der Waals surface area contributed by atoms with Gasteiger partial charge in [0.15, 0.2) is 0 Å². The Balaban J connectivity index is 2.50. The van der Waals surface area contributed by atoms with Crippen LogP contribution >= 0.6 is 0 Å². The molecule has 0 unspecified atom stereocenters. The van der Waals surface area contributed by atoms with E-state index in [9.17, 15) is 0 Å². The van der Waals surface area contributed by atoms with Gasteiger partial charge in [-0.1, -0.05) is 5.16 Å². The van der Waals surface area contributed by atoms with E-state index >= 15 is 0 Å². The quantitative estimate of drug-likeness (QED) is 0.913. The number of rotatable bonds is 4. The first kappa shape index (κ1) is 13.5. The standard InChI is InChI=1S/C14H19N3O2/c1-8-7-11(9(2)10(3)13(8)18-4)14-16-12(5-6-15)19-17-14/h7H,5-6,15H2,1-4H3. The van der Waals surface area contributed by atoms with Crippen molar-refractivity contribution < 1.29 is 9.26 Å². The summed E-state index contributed by atoms with van der Waals surface area (Å²) in [5.41, 5.74) is 9.72. The molecular weight excluding hydrogens is 242 g/mol. The van der Waals surface area contributed by atoms with Crippen molar-refractivity contribution >= 4 is 0 Å². The maximum absolute atomic E-state index is 5.48. The third kappa shape index (κ3) is 2.46. The molecule has 5 heteroatoms. The summed E-state index contributed by atoms with van der Waals surface area (Å²) in [5.74, 6) is 2.09. The van der Waals surface area contributed by atoms with Gasteiger partial charge in [-0.25, -0.2) is 0 Å². The van der Waals surface area contributed by atoms with Gasteiger partial charge in [-0.3, -0.25) is 0 Å². The van der Waals surface area contributed by atoms with E-state index in [2.05, 4.69) is 10.1 Å². The van der Waals surface area contributed by atoms with E-state index < -0.39 is 0 Å². The van der Waals surface area contributed by atoms with Crippen LogP contribution in [0.25, 0.3) is 11.4 Å². The van der Waals surface area contributed by atoms with Crippen LogP contribution in [0.2, 0.25) is 0 Å². The summed E-state index contributed by atoms with van der Waals surface area (Å²) in [5, 5.41) is 4.02. The first-order valence-corrected chi connectivity index (χ1v) is 6.26. The van der Waals surface area contributed by atoms with Gasteiger partial charge in [-0.05, 0) is 43.5 Å². The maximum Gasteiger partial charge on any atom is 0.228 e. The Labute approximate surface area is 112 Å². The van der Waals surface area contributed by atoms with Crippen LogP contribution in [-0.4, -0.2) is 23.8 Å². The van der Waals surface area contributed by atoms with Crippen molar-refractivity contribution in [3.63, 3.8) is 0 Å². The Bertz CT molecular complexity index is 591. The predicted octanol–water partition coefficient (Wildman–Crippen LogP) is 2.17. The highest BCUT2D eigenvalue weighted by molar-refractivity contribution is 5.66. The molecule has 2 rings (SSSR count). The molecule has 0 spiro atoms. The summed E-state index contributed by atoms with van der Waals surface area (Å²) in [7, 11) is 1.68. The topological polar surface area (TPSA) is 74.2 Å². The fraction of sp³-hybridized carbons (Fsp3) is 0.429. The summed E-state index contributed by atoms with van der Waals surface area (Å²) < 4.78 is 10.6. The number of ether oxygens (including phenoxy) is 1. The summed E-state index contributed by atoms with van der Waals surface area (Å²) >= 11 is 0. The fourth-order valence-electron chi connectivity index (χ4n) is 2.19. The molecule has 0 amide bonds. The van der Waals surface area contributed by atoms with Crippen LogP contribution in [0.3, 0.4) is 0 Å². The van der Waals surface area contributed by atoms with Crippen molar-refractivity contribution in [2.45, 2.75) is 27.2 Å². The lowest BCUT2D eigenvalue weighted by Gasteiger charge is -2.13. The largest absolute Gasteiger partial charge is 0.496 e. The van der Waals surface area contributed by atoms with Crippen molar-refractivity contribution in [3.05, 3.63) is 28.6 Å². The van der Waals surface area contributed by atoms with Crippen molar-refractivity contribution in [1.82, 2.24) is 10.1 Å². The van der Waals surface area contributed by atoms with E-state index in [0.29, 0.717) is 24.7 Å². The van der Waals surface area contributed by atoms with E-state index in [1.165, 1.54) is 0 Å². The SMILES string of the molecule is COc1c(C)cc(-c2noc(CCN)n2)c(C)c1C. The van der Waals surface area contributed by atoms with E-state index in [0.717, 1.165) is 28.0 Å². The summed E-state index contributed by atoms with van der Waals surface area (Å²) in [6.45, 7) is 6.58. The third-order valence-corrected chi connectivity index (χ3v) is 3.30. The highest BCUT2D eigenvalue weighted by atomic mass is 16.5. The Hall–Kier alpha value is -1.88. The molecule has 0 saturated carbocycles. The minimum absolute atomic E-state index is 0.501. The maximum atomic E-state index is 5.48. The molecule has 0 aliphatic carbocycles. The highest BCUT2D eigenvalue weighted by Crippen LogP contribution is 2.32. The van der Waals surface area contributed by atoms with Crippen molar-refractivity contribution in [2.75, 3.05) is 13.7 Å². The molecule has 19 heavy (non-hydrogen) atoms. The lowest BCUT2D eigenvalue weighted by Crippen LogP contribution is -2.02. The lowest BCUT2D eigenvalue weighted by molar-refractivity contribution is 0.380. The Morgan fingerprint density at radius 2 is 2.00 bits per heavy atom. The van der Waals surface area contributed by atoms with Gasteiger partial charge in [0.2, 0.25) is 11.7 Å². The minimum Gasteiger partial charge on any atom is -0.496 e. The zero-order valence-corrected chi connectivity index (χ0v) is 11.8. The molecule has 0 aliphatic heterocycles. The van der Waals surface area contributed by atoms with Crippen LogP contribution in [-0.2, 0) is 6.42 Å². The summed E-state index contributed by atoms with van der Waals surface area (Å²) in [4.78, 5) is 4.37. The van der Waals surface area contributed by atoms with E-state index in [4.69, 9.17) is 15.0 Å². The van der Waals surface area contributed by atoms with Crippen LogP contribution in [0.4, 0.5) is 0 Å². The number of nitrogens with two attached hydrogens (primary N) is 1. The number of aryl methyl sites for hydroxylation is 1. The number of hydrogen-bond donors (Lipinski definition) is 1. The smallest absolute Gasteiger partial charge is 0.228 e. The number of nitrogens with zero attached hydrogens (tertiary/aromatic N) is 2. The molecule has 0 radical (unpaired) electrons. The van der Waals surface area contributed by atoms with Crippen LogP contribution in [0.1, 0.15) is 22.6 Å². The van der Waals surface area contributed by atoms with Gasteiger partial charge in [0, 0.05) is 18.5 Å². The number of hydrogen-bond acceptors (Lipinski definition) is 5. The molecule has 102 valence electrons. The second-order valence-electron chi connectivity index (χ2n) is 4.57. The molecule has 5 nitrogen and oxygen atoms in total. The molecule has 0 aliphatic rings. The number of benzene rings is 1. The van der Waals surface area contributed by atoms with E-state index in [-0.39, 0.29) is 0 Å². The van der Waals surface area contributed by atoms with Crippen molar-refractivity contribution in [2.24, 2.45) is 5.73 Å². The lowest BCUT2D eigenvalue weighted by atomic mass is 9.98. The fourth-order valence-corrected chi connectivity index (χ4v) is 2.19. The summed E-state index contributed by atoms with van der Waals surface area (Å²) in [6, 6.07) is 2.03. The van der Waals surface area contributed by atoms with Gasteiger partial charge in [0.1, 0.15) is 5.75 Å². The third-order valence-electron chi connectivity index (χ3n) is 3.30. The first-order valence-electron chi connectivity index (χ1n) is 6.26. The Morgan fingerprint density at radius 1 is 1.26 bits per heavy atom. The Kier molecular flexibility index (Phi) is 3.85. The average Bonchev–Trinajstić information content (AvgIpc) is 2.83. The second-order valence-corrected chi connectivity index (χ2v) is 4.57. The van der Waals surface area contributed by atoms with Crippen molar-refractivity contribution in [1.29, 1.82) is 0 Å². The molecular formula is C14H19N3O2. The van der Waals surface area contributed by atoms with E-state index in [1.807, 2.05) is 26.8 Å². The van der Waals surface area contributed by atoms with Gasteiger partial charge >= 0.3 is 0 Å². The van der Waals surface area contributed by atoms with Crippen LogP contribution < -0.4 is 10.5 Å². The van der Waals surface area contributed by atoms with Crippen LogP contribution in [0.15, 0.2) is 10.6 Å². The molecule has 1 heterocycles.